The number of rotatable bonds is 8. The smallest absolute Gasteiger partial charge is 0.262 e. The zero-order valence-electron chi connectivity index (χ0n) is 33.7. The Bertz CT molecular complexity index is 2330. The molecule has 3 fully saturated rings. The van der Waals surface area contributed by atoms with Crippen molar-refractivity contribution in [2.75, 3.05) is 49.9 Å². The van der Waals surface area contributed by atoms with Crippen LogP contribution in [0.15, 0.2) is 36.4 Å². The number of benzene rings is 3. The van der Waals surface area contributed by atoms with Gasteiger partial charge in [0.1, 0.15) is 17.7 Å². The quantitative estimate of drug-likeness (QED) is 0.134. The van der Waals surface area contributed by atoms with Gasteiger partial charge < -0.3 is 15.5 Å². The predicted molar refractivity (Wildman–Crippen MR) is 214 cm³/mol. The first-order valence-corrected chi connectivity index (χ1v) is 20.8. The average molecular weight is 844 g/mol. The summed E-state index contributed by atoms with van der Waals surface area (Å²) >= 11 is 0. The fraction of sp³-hybridized carbons (Fsp3) is 0.455. The first-order valence-electron chi connectivity index (χ1n) is 20.8. The van der Waals surface area contributed by atoms with Crippen LogP contribution < -0.4 is 21.4 Å². The van der Waals surface area contributed by atoms with Crippen molar-refractivity contribution in [2.45, 2.75) is 83.1 Å². The Hall–Kier alpha value is -5.68. The highest BCUT2D eigenvalue weighted by atomic mass is 19.3. The van der Waals surface area contributed by atoms with Crippen molar-refractivity contribution in [3.05, 3.63) is 92.5 Å². The fourth-order valence-electron chi connectivity index (χ4n) is 10.6. The number of nitrogens with one attached hydrogen (secondary N) is 1. The monoisotopic (exact) mass is 843 g/mol. The van der Waals surface area contributed by atoms with Crippen molar-refractivity contribution in [1.29, 1.82) is 0 Å². The van der Waals surface area contributed by atoms with Crippen LogP contribution in [0, 0.1) is 17.0 Å². The number of alkyl halides is 2. The number of nitrogen functional groups attached to an aromatic ring is 1. The summed E-state index contributed by atoms with van der Waals surface area (Å²) in [5, 5.41) is 8.10. The first-order chi connectivity index (χ1) is 29.1. The topological polar surface area (TPSA) is 165 Å². The summed E-state index contributed by atoms with van der Waals surface area (Å²) in [6.07, 6.45) is 1.27. The molecule has 6 aliphatic rings. The molecule has 6 heterocycles. The lowest BCUT2D eigenvalue weighted by atomic mass is 9.77. The molecule has 0 saturated carbocycles. The highest BCUT2D eigenvalue weighted by molar-refractivity contribution is 6.23. The van der Waals surface area contributed by atoms with E-state index in [1.165, 1.54) is 23.2 Å². The average Bonchev–Trinajstić information content (AvgIpc) is 3.88. The number of carbonyl (C=O) groups excluding carboxylic acids is 5. The van der Waals surface area contributed by atoms with Gasteiger partial charge in [0, 0.05) is 68.7 Å². The maximum atomic E-state index is 16.3. The van der Waals surface area contributed by atoms with Gasteiger partial charge in [0.25, 0.3) is 18.2 Å². The van der Waals surface area contributed by atoms with Gasteiger partial charge in [0.15, 0.2) is 6.21 Å². The van der Waals surface area contributed by atoms with Crippen LogP contribution in [0.25, 0.3) is 0 Å². The molecule has 0 aromatic heterocycles. The summed E-state index contributed by atoms with van der Waals surface area (Å²) in [7, 11) is 0. The van der Waals surface area contributed by atoms with Crippen molar-refractivity contribution in [3.63, 3.8) is 0 Å². The molecule has 6 aliphatic heterocycles. The lowest BCUT2D eigenvalue weighted by Crippen LogP contribution is -2.54. The lowest BCUT2D eigenvalue weighted by Gasteiger charge is -2.42. The molecular weight excluding hydrogens is 797 g/mol. The van der Waals surface area contributed by atoms with Gasteiger partial charge in [-0.25, -0.2) is 17.6 Å². The molecule has 320 valence electrons. The summed E-state index contributed by atoms with van der Waals surface area (Å²) in [6.45, 7) is 4.20. The van der Waals surface area contributed by atoms with Crippen LogP contribution in [0.3, 0.4) is 0 Å². The largest absolute Gasteiger partial charge is 0.398 e. The normalized spacial score (nSPS) is 23.8. The van der Waals surface area contributed by atoms with Crippen LogP contribution in [0.4, 0.5) is 28.9 Å². The summed E-state index contributed by atoms with van der Waals surface area (Å²) in [4.78, 5) is 72.5. The third-order valence-electron chi connectivity index (χ3n) is 13.9. The van der Waals surface area contributed by atoms with E-state index in [0.29, 0.717) is 86.6 Å². The number of amides is 5. The molecule has 0 bridgehead atoms. The number of fused-ring (bicyclic) bond motifs is 3. The fourth-order valence-corrected chi connectivity index (χ4v) is 10.6. The van der Waals surface area contributed by atoms with E-state index < -0.39 is 66.4 Å². The van der Waals surface area contributed by atoms with Crippen molar-refractivity contribution in [2.24, 2.45) is 5.41 Å². The zero-order valence-corrected chi connectivity index (χ0v) is 33.7. The molecule has 1 spiro atoms. The molecule has 5 N–H and O–H groups in total. The van der Waals surface area contributed by atoms with E-state index in [4.69, 9.17) is 11.1 Å². The summed E-state index contributed by atoms with van der Waals surface area (Å²) < 4.78 is 60.5. The number of carbonyl (C=O) groups is 5. The number of nitrogens with two attached hydrogens (primary N) is 2. The predicted octanol–water partition coefficient (Wildman–Crippen LogP) is 2.56. The third kappa shape index (κ3) is 7.04. The van der Waals surface area contributed by atoms with Crippen molar-refractivity contribution in [1.82, 2.24) is 24.9 Å². The Morgan fingerprint density at radius 3 is 2.21 bits per heavy atom. The standard InChI is InChI=1S/C44H46F4N8O5/c1-23-12-28-27(2-3-34(50)31(28)17-49)40(55(23)20-36(47)48)39-32(45)15-26(16-33(39)46)54-11-8-44(22-54)6-9-53(10-7-44)38(58)21-52-18-24-13-29-30(14-25(24)19-52)43(61)56(42(29)60)35-4-5-37(57)51-41(35)59/h2-3,13-17,23,35-36,40,49H,4-12,18-22,50H2,1H3,(H,51,57,59)/p+1/t23-,35?,40+/m1/s1. The SMILES string of the molecule is C[C@@H]1Cc2c(ccc(N)c2C=[NH2+])[C@@H](c2c(F)cc(N3CCC4(CCN(C(=O)CN5Cc6cc7c(cc6C5)C(=O)N(C5CCC(=O)NC5=O)C7=O)CC4)C3)cc2F)N1CC(F)F. The Labute approximate surface area is 349 Å². The number of likely N-dealkylation sites (tertiary alicyclic amines) is 1. The highest BCUT2D eigenvalue weighted by Crippen LogP contribution is 2.46. The van der Waals surface area contributed by atoms with E-state index in [2.05, 4.69) is 5.32 Å². The molecule has 3 atom stereocenters. The maximum Gasteiger partial charge on any atom is 0.262 e. The van der Waals surface area contributed by atoms with E-state index >= 15 is 8.78 Å². The Kier molecular flexibility index (Phi) is 10.2. The molecule has 1 unspecified atom stereocenters. The van der Waals surface area contributed by atoms with Crippen LogP contribution in [-0.4, -0.2) is 113 Å². The molecule has 3 aromatic carbocycles. The minimum Gasteiger partial charge on any atom is -0.398 e. The van der Waals surface area contributed by atoms with Crippen LogP contribution >= 0.6 is 0 Å². The van der Waals surface area contributed by atoms with E-state index in [0.717, 1.165) is 22.4 Å². The van der Waals surface area contributed by atoms with E-state index in [9.17, 15) is 32.8 Å². The van der Waals surface area contributed by atoms with Gasteiger partial charge in [-0.15, -0.1) is 0 Å². The summed E-state index contributed by atoms with van der Waals surface area (Å²) in [5.41, 5.74) is 10.3. The molecule has 0 radical (unpaired) electrons. The number of anilines is 2. The van der Waals surface area contributed by atoms with Gasteiger partial charge in [-0.2, -0.15) is 0 Å². The van der Waals surface area contributed by atoms with Gasteiger partial charge in [-0.1, -0.05) is 6.07 Å². The number of piperidine rings is 2. The second-order valence-electron chi connectivity index (χ2n) is 17.5. The van der Waals surface area contributed by atoms with Gasteiger partial charge in [0.05, 0.1) is 35.8 Å². The van der Waals surface area contributed by atoms with E-state index in [1.54, 1.807) is 31.2 Å². The summed E-state index contributed by atoms with van der Waals surface area (Å²) in [6, 6.07) is 6.53. The Morgan fingerprint density at radius 2 is 1.61 bits per heavy atom. The minimum absolute atomic E-state index is 0.0378. The molecule has 61 heavy (non-hydrogen) atoms. The first kappa shape index (κ1) is 40.7. The van der Waals surface area contributed by atoms with Gasteiger partial charge in [0.2, 0.25) is 17.7 Å². The molecule has 0 aliphatic carbocycles. The van der Waals surface area contributed by atoms with Crippen molar-refractivity contribution < 1.29 is 46.9 Å². The molecule has 9 rings (SSSR count). The van der Waals surface area contributed by atoms with Crippen molar-refractivity contribution >= 4 is 47.1 Å². The second-order valence-corrected chi connectivity index (χ2v) is 17.5. The molecule has 13 nitrogen and oxygen atoms in total. The van der Waals surface area contributed by atoms with Gasteiger partial charge >= 0.3 is 0 Å². The Morgan fingerprint density at radius 1 is 0.967 bits per heavy atom. The van der Waals surface area contributed by atoms with Crippen LogP contribution in [0.5, 0.6) is 0 Å². The van der Waals surface area contributed by atoms with Gasteiger partial charge in [-0.3, -0.25) is 49.4 Å². The zero-order chi connectivity index (χ0) is 43.1. The van der Waals surface area contributed by atoms with E-state index in [-0.39, 0.29) is 47.4 Å². The highest BCUT2D eigenvalue weighted by Gasteiger charge is 2.47. The second kappa shape index (κ2) is 15.3. The molecule has 5 amide bonds. The Balaban J connectivity index is 0.834. The number of imide groups is 2. The maximum absolute atomic E-state index is 16.3. The molecule has 3 saturated heterocycles. The van der Waals surface area contributed by atoms with Crippen LogP contribution in [-0.2, 0) is 33.9 Å². The van der Waals surface area contributed by atoms with Gasteiger partial charge in [-0.05, 0) is 97.0 Å². The lowest BCUT2D eigenvalue weighted by molar-refractivity contribution is -0.136. The molecule has 17 heteroatoms. The number of nitrogens with zero attached hydrogens (tertiary/aromatic N) is 5. The summed E-state index contributed by atoms with van der Waals surface area (Å²) in [5.74, 6) is -3.93. The molecular formula is C44H47F4N8O5+. The minimum atomic E-state index is -2.73. The van der Waals surface area contributed by atoms with Crippen LogP contribution in [0.2, 0.25) is 0 Å². The van der Waals surface area contributed by atoms with E-state index in [1.807, 2.05) is 14.7 Å². The third-order valence-corrected chi connectivity index (χ3v) is 13.9. The van der Waals surface area contributed by atoms with Crippen LogP contribution in [0.1, 0.15) is 99.2 Å². The number of halogens is 4. The number of hydrogen-bond acceptors (Lipinski definition) is 9. The molecule has 3 aromatic rings. The van der Waals surface area contributed by atoms with Crippen molar-refractivity contribution in [3.8, 4) is 0 Å². The number of hydrogen-bond donors (Lipinski definition) is 3.